The second-order valence-corrected chi connectivity index (χ2v) is 8.44. The molecule has 0 amide bonds. The van der Waals surface area contributed by atoms with Gasteiger partial charge in [0.05, 0.1) is 6.54 Å². The number of rotatable bonds is 8. The molecule has 0 radical (unpaired) electrons. The molecule has 170 valence electrons. The van der Waals surface area contributed by atoms with Gasteiger partial charge in [0.15, 0.2) is 0 Å². The van der Waals surface area contributed by atoms with Gasteiger partial charge in [-0.25, -0.2) is 0 Å². The summed E-state index contributed by atoms with van der Waals surface area (Å²) in [5, 5.41) is 10.9. The molecule has 0 aromatic heterocycles. The molecule has 1 aliphatic rings. The Morgan fingerprint density at radius 2 is 1.55 bits per heavy atom. The average molecular weight is 443 g/mol. The van der Waals surface area contributed by atoms with Gasteiger partial charge in [0.25, 0.3) is 0 Å². The number of hydrogen-bond donors (Lipinski definition) is 3. The molecule has 6 heteroatoms. The van der Waals surface area contributed by atoms with Crippen molar-refractivity contribution in [1.82, 2.24) is 5.32 Å². The molecule has 33 heavy (non-hydrogen) atoms. The summed E-state index contributed by atoms with van der Waals surface area (Å²) >= 11 is 0. The molecule has 1 heterocycles. The third kappa shape index (κ3) is 5.52. The molecule has 4 N–H and O–H groups in total. The monoisotopic (exact) mass is 442 g/mol. The van der Waals surface area contributed by atoms with Crippen LogP contribution in [0.5, 0.6) is 11.5 Å². The molecular weight excluding hydrogens is 412 g/mol. The topological polar surface area (TPSA) is 92.7 Å². The lowest BCUT2D eigenvalue weighted by Crippen LogP contribution is -2.19. The summed E-state index contributed by atoms with van der Waals surface area (Å²) in [4.78, 5) is 4.48. The van der Waals surface area contributed by atoms with E-state index in [1.807, 2.05) is 31.2 Å². The average Bonchev–Trinajstić information content (AvgIpc) is 3.32. The number of benzene rings is 3. The Hall–Kier alpha value is -3.80. The number of hydrogen-bond acceptors (Lipinski definition) is 5. The Balaban J connectivity index is 1.41. The van der Waals surface area contributed by atoms with Crippen LogP contribution >= 0.6 is 0 Å². The lowest BCUT2D eigenvalue weighted by molar-refractivity contribution is 0.297. The van der Waals surface area contributed by atoms with Crippen LogP contribution in [0.1, 0.15) is 38.9 Å². The quantitative estimate of drug-likeness (QED) is 0.356. The lowest BCUT2D eigenvalue weighted by Gasteiger charge is -2.14. The number of aliphatic imine (C=N–C) groups is 1. The zero-order chi connectivity index (χ0) is 23.4. The van der Waals surface area contributed by atoms with Gasteiger partial charge < -0.3 is 20.5 Å². The first kappa shape index (κ1) is 22.4. The zero-order valence-electron chi connectivity index (χ0n) is 19.4. The molecule has 0 spiro atoms. The molecule has 3 aromatic carbocycles. The van der Waals surface area contributed by atoms with Gasteiger partial charge in [0.2, 0.25) is 0 Å². The first-order chi connectivity index (χ1) is 15.9. The highest BCUT2D eigenvalue weighted by atomic mass is 16.5. The molecule has 0 fully saturated rings. The number of aryl methyl sites for hydroxylation is 3. The van der Waals surface area contributed by atoms with Crippen LogP contribution in [0.4, 0.5) is 0 Å². The number of nitrogens with two attached hydrogens (primary N) is 1. The summed E-state index contributed by atoms with van der Waals surface area (Å²) in [5.41, 5.74) is 12.8. The Kier molecular flexibility index (Phi) is 6.63. The largest absolute Gasteiger partial charge is 0.489 e. The molecular formula is C27H30N4O2. The minimum Gasteiger partial charge on any atom is -0.489 e. The summed E-state index contributed by atoms with van der Waals surface area (Å²) in [6.07, 6.45) is 0. The van der Waals surface area contributed by atoms with Crippen molar-refractivity contribution in [2.24, 2.45) is 10.7 Å². The van der Waals surface area contributed by atoms with Crippen LogP contribution in [0.2, 0.25) is 0 Å². The van der Waals surface area contributed by atoms with Gasteiger partial charge in [-0.2, -0.15) is 0 Å². The summed E-state index contributed by atoms with van der Waals surface area (Å²) in [6, 6.07) is 18.1. The summed E-state index contributed by atoms with van der Waals surface area (Å²) in [6.45, 7) is 8.77. The van der Waals surface area contributed by atoms with E-state index >= 15 is 0 Å². The highest BCUT2D eigenvalue weighted by Gasteiger charge is 2.11. The lowest BCUT2D eigenvalue weighted by atomic mass is 10.1. The van der Waals surface area contributed by atoms with Crippen molar-refractivity contribution in [3.63, 3.8) is 0 Å². The number of nitrogens with one attached hydrogen (secondary N) is 2. The van der Waals surface area contributed by atoms with E-state index < -0.39 is 0 Å². The SMILES string of the molecule is Cc1cc(COc2ccc(C(=N)N)cc2C)cc(COc2ccc(C3=NCCN3)cc2C)c1. The van der Waals surface area contributed by atoms with Gasteiger partial charge in [-0.15, -0.1) is 0 Å². The Morgan fingerprint density at radius 1 is 0.909 bits per heavy atom. The van der Waals surface area contributed by atoms with Crippen molar-refractivity contribution in [3.05, 3.63) is 93.5 Å². The fourth-order valence-corrected chi connectivity index (χ4v) is 3.97. The Morgan fingerprint density at radius 3 is 2.09 bits per heavy atom. The van der Waals surface area contributed by atoms with Gasteiger partial charge in [0, 0.05) is 17.7 Å². The summed E-state index contributed by atoms with van der Waals surface area (Å²) in [5.74, 6) is 2.68. The second kappa shape index (κ2) is 9.77. The highest BCUT2D eigenvalue weighted by molar-refractivity contribution is 6.00. The van der Waals surface area contributed by atoms with Crippen LogP contribution in [0.3, 0.4) is 0 Å². The standard InChI is InChI=1S/C27H30N4O2/c1-17-10-20(15-32-24-6-4-22(26(28)29)12-18(24)2)14-21(11-17)16-33-25-7-5-23(13-19(25)3)27-30-8-9-31-27/h4-7,10-14H,8-9,15-16H2,1-3H3,(H3,28,29)(H,30,31). The number of ether oxygens (including phenoxy) is 2. The zero-order valence-corrected chi connectivity index (χ0v) is 19.4. The Labute approximate surface area is 195 Å². The molecule has 0 atom stereocenters. The van der Waals surface area contributed by atoms with Crippen molar-refractivity contribution in [3.8, 4) is 11.5 Å². The first-order valence-corrected chi connectivity index (χ1v) is 11.1. The van der Waals surface area contributed by atoms with Gasteiger partial charge >= 0.3 is 0 Å². The smallest absolute Gasteiger partial charge is 0.128 e. The fourth-order valence-electron chi connectivity index (χ4n) is 3.97. The predicted molar refractivity (Wildman–Crippen MR) is 133 cm³/mol. The minimum absolute atomic E-state index is 0.0572. The molecule has 3 aromatic rings. The molecule has 0 saturated carbocycles. The van der Waals surface area contributed by atoms with E-state index in [1.54, 1.807) is 0 Å². The van der Waals surface area contributed by atoms with E-state index in [-0.39, 0.29) is 5.84 Å². The van der Waals surface area contributed by atoms with Crippen LogP contribution in [0, 0.1) is 26.2 Å². The molecule has 0 unspecified atom stereocenters. The number of amidine groups is 2. The molecule has 4 rings (SSSR count). The predicted octanol–water partition coefficient (Wildman–Crippen LogP) is 4.40. The van der Waals surface area contributed by atoms with E-state index in [9.17, 15) is 0 Å². The molecule has 1 aliphatic heterocycles. The van der Waals surface area contributed by atoms with Gasteiger partial charge in [0.1, 0.15) is 36.4 Å². The van der Waals surface area contributed by atoms with Crippen LogP contribution in [0.25, 0.3) is 0 Å². The van der Waals surface area contributed by atoms with Crippen LogP contribution < -0.4 is 20.5 Å². The molecule has 0 aliphatic carbocycles. The third-order valence-electron chi connectivity index (χ3n) is 5.59. The fraction of sp³-hybridized carbons (Fsp3) is 0.259. The van der Waals surface area contributed by atoms with Gasteiger partial charge in [-0.1, -0.05) is 17.7 Å². The maximum absolute atomic E-state index is 7.57. The molecule has 6 nitrogen and oxygen atoms in total. The van der Waals surface area contributed by atoms with Crippen LogP contribution in [0.15, 0.2) is 59.6 Å². The third-order valence-corrected chi connectivity index (χ3v) is 5.59. The van der Waals surface area contributed by atoms with Crippen molar-refractivity contribution in [2.45, 2.75) is 34.0 Å². The van der Waals surface area contributed by atoms with Crippen LogP contribution in [-0.4, -0.2) is 24.8 Å². The first-order valence-electron chi connectivity index (χ1n) is 11.1. The van der Waals surface area contributed by atoms with Crippen LogP contribution in [-0.2, 0) is 13.2 Å². The van der Waals surface area contributed by atoms with E-state index in [2.05, 4.69) is 54.5 Å². The van der Waals surface area contributed by atoms with Crippen molar-refractivity contribution in [1.29, 1.82) is 5.41 Å². The highest BCUT2D eigenvalue weighted by Crippen LogP contribution is 2.23. The summed E-state index contributed by atoms with van der Waals surface area (Å²) in [7, 11) is 0. The van der Waals surface area contributed by atoms with E-state index in [1.165, 1.54) is 0 Å². The van der Waals surface area contributed by atoms with Crippen molar-refractivity contribution in [2.75, 3.05) is 13.1 Å². The summed E-state index contributed by atoms with van der Waals surface area (Å²) < 4.78 is 12.2. The molecule has 0 saturated heterocycles. The van der Waals surface area contributed by atoms with Gasteiger partial charge in [-0.05, 0) is 85.5 Å². The molecule has 0 bridgehead atoms. The number of nitrogens with zero attached hydrogens (tertiary/aromatic N) is 1. The van der Waals surface area contributed by atoms with Crippen molar-refractivity contribution < 1.29 is 9.47 Å². The van der Waals surface area contributed by atoms with E-state index in [4.69, 9.17) is 20.6 Å². The van der Waals surface area contributed by atoms with Gasteiger partial charge in [-0.3, -0.25) is 10.4 Å². The maximum Gasteiger partial charge on any atom is 0.128 e. The van der Waals surface area contributed by atoms with E-state index in [0.29, 0.717) is 18.8 Å². The Bertz CT molecular complexity index is 1220. The maximum atomic E-state index is 7.57. The normalized spacial score (nSPS) is 12.8. The van der Waals surface area contributed by atoms with Crippen molar-refractivity contribution >= 4 is 11.7 Å². The minimum atomic E-state index is 0.0572. The van der Waals surface area contributed by atoms with E-state index in [0.717, 1.165) is 63.8 Å². The second-order valence-electron chi connectivity index (χ2n) is 8.44. The number of nitrogen functional groups attached to an aromatic ring is 1.